The van der Waals surface area contributed by atoms with Gasteiger partial charge in [-0.05, 0) is 50.4 Å². The first-order chi connectivity index (χ1) is 18.3. The second-order valence-electron chi connectivity index (χ2n) is 10.4. The molecule has 3 aliphatic rings. The van der Waals surface area contributed by atoms with Crippen LogP contribution in [0.3, 0.4) is 0 Å². The van der Waals surface area contributed by atoms with Gasteiger partial charge in [-0.1, -0.05) is 22.9 Å². The minimum atomic E-state index is -0.891. The highest BCUT2D eigenvalue weighted by atomic mass is 35.5. The molecule has 0 radical (unpaired) electrons. The van der Waals surface area contributed by atoms with Crippen molar-refractivity contribution in [3.05, 3.63) is 34.9 Å². The van der Waals surface area contributed by atoms with Crippen molar-refractivity contribution in [3.8, 4) is 17.1 Å². The molecule has 4 heterocycles. The van der Waals surface area contributed by atoms with Gasteiger partial charge in [0, 0.05) is 35.5 Å². The van der Waals surface area contributed by atoms with Crippen molar-refractivity contribution in [2.24, 2.45) is 0 Å². The number of benzene rings is 2. The Balaban J connectivity index is 1.34. The lowest BCUT2D eigenvalue weighted by atomic mass is 9.95. The Kier molecular flexibility index (Phi) is 5.61. The number of nitrogens with one attached hydrogen (secondary N) is 1. The van der Waals surface area contributed by atoms with E-state index in [4.69, 9.17) is 22.1 Å². The third-order valence-electron chi connectivity index (χ3n) is 7.79. The van der Waals surface area contributed by atoms with Crippen LogP contribution in [0.1, 0.15) is 32.1 Å². The Morgan fingerprint density at radius 3 is 2.87 bits per heavy atom. The molecule has 2 aromatic heterocycles. The van der Waals surface area contributed by atoms with E-state index in [-0.39, 0.29) is 50.1 Å². The predicted octanol–water partition coefficient (Wildman–Crippen LogP) is 5.95. The van der Waals surface area contributed by atoms with Gasteiger partial charge in [0.15, 0.2) is 10.9 Å². The quantitative estimate of drug-likeness (QED) is 0.301. The standard InChI is InChI=1S/C26H24ClF3N6OS/c27-16-8-15-20(19(30)18(16)14-4-5-17(29)22-21(14)33-24(31)38-22)34-25(35-23(15)32-13-2-3-13)37-11-26-6-1-7-36(26)10-12(28)9-26/h4-5,8,12-13H,1-3,6-7,9-11H2,(H2,31,33)(H,32,34,35)/t12-,26+/m1/s1. The first-order valence-electron chi connectivity index (χ1n) is 12.6. The molecule has 4 aromatic rings. The van der Waals surface area contributed by atoms with Crippen LogP contribution in [0.15, 0.2) is 18.2 Å². The Bertz CT molecular complexity index is 1600. The van der Waals surface area contributed by atoms with E-state index < -0.39 is 23.3 Å². The van der Waals surface area contributed by atoms with Gasteiger partial charge in [0.1, 0.15) is 29.9 Å². The molecule has 1 saturated carbocycles. The van der Waals surface area contributed by atoms with Gasteiger partial charge < -0.3 is 15.8 Å². The number of aromatic nitrogens is 3. The average Bonchev–Trinajstić information content (AvgIpc) is 3.33. The van der Waals surface area contributed by atoms with Crippen LogP contribution in [0.25, 0.3) is 32.2 Å². The van der Waals surface area contributed by atoms with Crippen molar-refractivity contribution in [2.75, 3.05) is 30.7 Å². The number of nitrogens with zero attached hydrogens (tertiary/aromatic N) is 4. The molecule has 3 N–H and O–H groups in total. The summed E-state index contributed by atoms with van der Waals surface area (Å²) in [5, 5.41) is 4.03. The molecule has 2 saturated heterocycles. The van der Waals surface area contributed by atoms with E-state index in [0.29, 0.717) is 29.7 Å². The number of alkyl halides is 1. The van der Waals surface area contributed by atoms with Crippen molar-refractivity contribution in [1.82, 2.24) is 19.9 Å². The zero-order valence-corrected chi connectivity index (χ0v) is 21.8. The number of ether oxygens (including phenoxy) is 1. The second-order valence-corrected chi connectivity index (χ2v) is 11.8. The van der Waals surface area contributed by atoms with E-state index in [0.717, 1.165) is 43.6 Å². The molecule has 0 unspecified atom stereocenters. The third-order valence-corrected chi connectivity index (χ3v) is 8.98. The van der Waals surface area contributed by atoms with Gasteiger partial charge in [-0.3, -0.25) is 4.90 Å². The van der Waals surface area contributed by atoms with Crippen LogP contribution in [0.2, 0.25) is 5.02 Å². The maximum absolute atomic E-state index is 16.3. The fraction of sp³-hybridized carbons (Fsp3) is 0.423. The van der Waals surface area contributed by atoms with Crippen LogP contribution in [0.5, 0.6) is 6.01 Å². The van der Waals surface area contributed by atoms with Gasteiger partial charge in [0.05, 0.1) is 20.8 Å². The minimum absolute atomic E-state index is 0.0125. The zero-order chi connectivity index (χ0) is 26.2. The Morgan fingerprint density at radius 1 is 1.21 bits per heavy atom. The molecule has 1 aliphatic carbocycles. The minimum Gasteiger partial charge on any atom is -0.461 e. The highest BCUT2D eigenvalue weighted by Gasteiger charge is 2.49. The molecule has 198 valence electrons. The van der Waals surface area contributed by atoms with Crippen molar-refractivity contribution in [1.29, 1.82) is 0 Å². The number of fused-ring (bicyclic) bond motifs is 3. The summed E-state index contributed by atoms with van der Waals surface area (Å²) in [5.41, 5.74) is 6.06. The van der Waals surface area contributed by atoms with E-state index in [1.807, 2.05) is 0 Å². The highest BCUT2D eigenvalue weighted by Crippen LogP contribution is 2.43. The van der Waals surface area contributed by atoms with Gasteiger partial charge >= 0.3 is 6.01 Å². The summed E-state index contributed by atoms with van der Waals surface area (Å²) in [6.07, 6.45) is 3.28. The first kappa shape index (κ1) is 24.2. The normalized spacial score (nSPS) is 23.4. The molecule has 0 bridgehead atoms. The average molecular weight is 561 g/mol. The van der Waals surface area contributed by atoms with Crippen LogP contribution in [-0.2, 0) is 0 Å². The third kappa shape index (κ3) is 3.94. The van der Waals surface area contributed by atoms with Crippen molar-refractivity contribution < 1.29 is 17.9 Å². The lowest BCUT2D eigenvalue weighted by Gasteiger charge is -2.30. The molecule has 7 nitrogen and oxygen atoms in total. The fourth-order valence-electron chi connectivity index (χ4n) is 5.86. The summed E-state index contributed by atoms with van der Waals surface area (Å²) in [7, 11) is 0. The number of nitrogens with two attached hydrogens (primary N) is 1. The number of thiazole rings is 1. The maximum atomic E-state index is 16.3. The van der Waals surface area contributed by atoms with Crippen molar-refractivity contribution in [2.45, 2.75) is 49.9 Å². The largest absolute Gasteiger partial charge is 0.461 e. The SMILES string of the molecule is Nc1nc2c(-c3c(Cl)cc4c(NC5CC5)nc(OC[C@@]56CCCN5C[C@H](F)C6)nc4c3F)ccc(F)c2s1. The monoisotopic (exact) mass is 560 g/mol. The lowest BCUT2D eigenvalue weighted by Crippen LogP contribution is -2.43. The zero-order valence-electron chi connectivity index (χ0n) is 20.2. The molecule has 0 spiro atoms. The number of halogens is 4. The van der Waals surface area contributed by atoms with Gasteiger partial charge in [-0.2, -0.15) is 9.97 Å². The lowest BCUT2D eigenvalue weighted by molar-refractivity contribution is 0.107. The molecule has 2 aliphatic heterocycles. The molecule has 2 aromatic carbocycles. The molecular formula is C26H24ClF3N6OS. The van der Waals surface area contributed by atoms with Crippen LogP contribution in [0, 0.1) is 11.6 Å². The number of anilines is 2. The first-order valence-corrected chi connectivity index (χ1v) is 13.8. The highest BCUT2D eigenvalue weighted by molar-refractivity contribution is 7.22. The van der Waals surface area contributed by atoms with Gasteiger partial charge in [-0.15, -0.1) is 0 Å². The summed E-state index contributed by atoms with van der Waals surface area (Å²) in [6, 6.07) is 4.53. The van der Waals surface area contributed by atoms with Crippen LogP contribution >= 0.6 is 22.9 Å². The van der Waals surface area contributed by atoms with Gasteiger partial charge in [0.25, 0.3) is 0 Å². The molecule has 2 atom stereocenters. The summed E-state index contributed by atoms with van der Waals surface area (Å²) in [5.74, 6) is -0.757. The number of hydrogen-bond donors (Lipinski definition) is 2. The number of rotatable bonds is 6. The van der Waals surface area contributed by atoms with Crippen LogP contribution in [-0.4, -0.2) is 57.3 Å². The van der Waals surface area contributed by atoms with E-state index in [1.54, 1.807) is 6.07 Å². The molecular weight excluding hydrogens is 537 g/mol. The van der Waals surface area contributed by atoms with E-state index >= 15 is 4.39 Å². The van der Waals surface area contributed by atoms with E-state index in [1.165, 1.54) is 12.1 Å². The number of hydrogen-bond acceptors (Lipinski definition) is 8. The van der Waals surface area contributed by atoms with Gasteiger partial charge in [0.2, 0.25) is 0 Å². The van der Waals surface area contributed by atoms with Crippen LogP contribution in [0.4, 0.5) is 24.1 Å². The van der Waals surface area contributed by atoms with Crippen LogP contribution < -0.4 is 15.8 Å². The van der Waals surface area contributed by atoms with Crippen molar-refractivity contribution >= 4 is 55.0 Å². The molecule has 3 fully saturated rings. The Hall–Kier alpha value is -2.89. The van der Waals surface area contributed by atoms with E-state index in [9.17, 15) is 8.78 Å². The Labute approximate surface area is 225 Å². The van der Waals surface area contributed by atoms with Gasteiger partial charge in [-0.25, -0.2) is 18.2 Å². The summed E-state index contributed by atoms with van der Waals surface area (Å²) >= 11 is 7.62. The molecule has 0 amide bonds. The second kappa shape index (κ2) is 8.82. The molecule has 12 heteroatoms. The Morgan fingerprint density at radius 2 is 2.05 bits per heavy atom. The summed E-state index contributed by atoms with van der Waals surface area (Å²) in [4.78, 5) is 15.4. The predicted molar refractivity (Wildman–Crippen MR) is 143 cm³/mol. The summed E-state index contributed by atoms with van der Waals surface area (Å²) in [6.45, 7) is 1.46. The fourth-order valence-corrected chi connectivity index (χ4v) is 6.92. The van der Waals surface area contributed by atoms with E-state index in [2.05, 4.69) is 25.2 Å². The topological polar surface area (TPSA) is 89.2 Å². The smallest absolute Gasteiger partial charge is 0.319 e. The maximum Gasteiger partial charge on any atom is 0.319 e. The van der Waals surface area contributed by atoms with Crippen molar-refractivity contribution in [3.63, 3.8) is 0 Å². The molecule has 38 heavy (non-hydrogen) atoms. The number of nitrogen functional groups attached to an aromatic ring is 1. The molecule has 7 rings (SSSR count). The summed E-state index contributed by atoms with van der Waals surface area (Å²) < 4.78 is 51.3.